The van der Waals surface area contributed by atoms with E-state index in [4.69, 9.17) is 55.0 Å². The molecule has 9 aromatic rings. The highest BCUT2D eigenvalue weighted by molar-refractivity contribution is 7.84. The van der Waals surface area contributed by atoms with Crippen LogP contribution in [0.15, 0.2) is 116 Å². The average molecular weight is 1740 g/mol. The second kappa shape index (κ2) is 35.8. The highest BCUT2D eigenvalue weighted by atomic mass is 35.5. The number of carbonyl (C=O) groups excluding carboxylic acids is 3. The van der Waals surface area contributed by atoms with Crippen LogP contribution in [-0.4, -0.2) is 180 Å². The van der Waals surface area contributed by atoms with E-state index >= 15 is 4.39 Å². The number of anilines is 3. The quantitative estimate of drug-likeness (QED) is 0.0262. The van der Waals surface area contributed by atoms with Crippen molar-refractivity contribution in [3.63, 3.8) is 0 Å². The van der Waals surface area contributed by atoms with Gasteiger partial charge in [0.1, 0.15) is 54.5 Å². The molecule has 6 aliphatic rings. The van der Waals surface area contributed by atoms with Crippen LogP contribution in [0, 0.1) is 30.5 Å². The van der Waals surface area contributed by atoms with Gasteiger partial charge in [0.05, 0.1) is 108 Å². The van der Waals surface area contributed by atoms with Crippen molar-refractivity contribution >= 4 is 135 Å². The van der Waals surface area contributed by atoms with E-state index in [1.807, 2.05) is 44.3 Å². The SMILES string of the molecule is CN1Cc2ccccc2C1c1cc(C(=O)c2cncnc2N[C@@H]2C[C@H](COS(N)(=O)=O)[C@@H](O)C2)sc1Cl.Cc1sc(C(=O)c2cncnc2N[C@@H]2C[C@H](COS(N)(=O)=O)[C@@H](O)C2)cc1C1OCCc2ccc(Cl)c(F)c21.NS(=O)(=O)OC[C@H]1C[C@@H](Nc2ncncc2C(=O)c2cc(C3NCCc4ccccc43)c(Cl)s2)[C@H](O)[C@@H]1O. The number of nitrogens with one attached hydrogen (secondary N) is 4. The van der Waals surface area contributed by atoms with Crippen molar-refractivity contribution in [1.82, 2.24) is 40.1 Å². The Labute approximate surface area is 681 Å². The number of hydrogen-bond donors (Lipinski definition) is 11. The number of aromatic nitrogens is 6. The van der Waals surface area contributed by atoms with Crippen molar-refractivity contribution in [3.8, 4) is 0 Å². The van der Waals surface area contributed by atoms with E-state index in [0.717, 1.165) is 46.6 Å². The number of thiophene rings is 3. The molecule has 114 heavy (non-hydrogen) atoms. The van der Waals surface area contributed by atoms with Gasteiger partial charge in [0.25, 0.3) is 0 Å². The van der Waals surface area contributed by atoms with E-state index < -0.39 is 91.0 Å². The molecule has 9 heterocycles. The molecule has 3 fully saturated rings. The first-order valence-electron chi connectivity index (χ1n) is 35.7. The summed E-state index contributed by atoms with van der Waals surface area (Å²) in [7, 11) is -10.4. The molecule has 0 spiro atoms. The molecule has 13 atom stereocenters. The van der Waals surface area contributed by atoms with E-state index in [2.05, 4.69) is 92.9 Å². The van der Waals surface area contributed by atoms with E-state index in [1.165, 1.54) is 94.3 Å². The van der Waals surface area contributed by atoms with Crippen LogP contribution < -0.4 is 36.7 Å². The van der Waals surface area contributed by atoms with Crippen molar-refractivity contribution in [3.05, 3.63) is 222 Å². The Hall–Kier alpha value is -7.46. The third-order valence-corrected chi connectivity index (χ3v) is 26.3. The van der Waals surface area contributed by atoms with Crippen LogP contribution in [0.1, 0.15) is 151 Å². The van der Waals surface area contributed by atoms with Gasteiger partial charge in [-0.25, -0.2) is 49.7 Å². The number of aliphatic hydroxyl groups excluding tert-OH is 4. The standard InChI is InChI=1S/C25H26ClFN4O6S2.C24H26ClN5O6S2.C24H26ClN5O5S2/c1-12-16(24-21-13(4-5-36-24)2-3-18(26)22(21)27)8-20(38-12)23(33)17-9-29-11-30-25(17)31-15-6-14(19(32)7-15)10-37-39(28,34)35;25-23-15(19-14-4-2-1-3-12(14)5-6-28-19)8-18(37-23)21(32)16-9-27-11-29-24(16)30-17-7-13(20(31)22(17)33)10-36-38(26,34)35;1-30-10-13-4-2-3-5-16(13)21(30)17-8-20(36-23(17)25)22(32)18-9-27-12-28-24(18)29-15-6-14(19(31)7-15)11-35-37(26,33)34/h2-3,8-9,11,14-15,19,24,32H,4-7,10H2,1H3,(H2,28,34,35)(H,29,30,31);1-4,8-9,11,13,17,19-20,22,28,31,33H,5-7,10H2,(H2,26,34,35)(H,27,29,30);2-5,8-9,12,14-15,19,21,31H,6-7,10-11H2,1H3,(H2,26,33,34)(H,27,28,29)/t14-,15-,19+,24?;13-,17-,19?,20-,22+;14-,15-,19+,21?/m111/s1. The number of rotatable bonds is 24. The lowest BCUT2D eigenvalue weighted by Gasteiger charge is -2.27. The highest BCUT2D eigenvalue weighted by Gasteiger charge is 2.44. The Kier molecular flexibility index (Phi) is 26.5. The average Bonchev–Trinajstić information content (AvgIpc) is 1.56. The molecule has 0 amide bonds. The lowest BCUT2D eigenvalue weighted by molar-refractivity contribution is 0.00778. The summed E-state index contributed by atoms with van der Waals surface area (Å²) in [5.74, 6) is -2.27. The number of halogens is 4. The zero-order valence-corrected chi connectivity index (χ0v) is 67.8. The van der Waals surface area contributed by atoms with Gasteiger partial charge in [-0.3, -0.25) is 31.8 Å². The van der Waals surface area contributed by atoms with Gasteiger partial charge >= 0.3 is 30.9 Å². The first-order chi connectivity index (χ1) is 54.2. The third-order valence-electron chi connectivity index (χ3n) is 20.7. The van der Waals surface area contributed by atoms with Gasteiger partial charge < -0.3 is 46.4 Å². The molecule has 3 saturated carbocycles. The van der Waals surface area contributed by atoms with Gasteiger partial charge in [0.2, 0.25) is 17.3 Å². The molecule has 3 aromatic carbocycles. The predicted octanol–water partition coefficient (Wildman–Crippen LogP) is 7.43. The summed E-state index contributed by atoms with van der Waals surface area (Å²) in [4.78, 5) is 69.7. The lowest BCUT2D eigenvalue weighted by Crippen LogP contribution is -2.36. The van der Waals surface area contributed by atoms with E-state index in [1.54, 1.807) is 18.2 Å². The van der Waals surface area contributed by atoms with Crippen molar-refractivity contribution in [2.75, 3.05) is 56.0 Å². The van der Waals surface area contributed by atoms with Crippen LogP contribution in [-0.2, 0) is 67.6 Å². The molecule has 0 saturated heterocycles. The van der Waals surface area contributed by atoms with E-state index in [-0.39, 0.29) is 101 Å². The predicted molar refractivity (Wildman–Crippen MR) is 424 cm³/mol. The number of benzene rings is 3. The van der Waals surface area contributed by atoms with Crippen molar-refractivity contribution < 1.29 is 81.7 Å². The molecule has 15 rings (SSSR count). The maximum absolute atomic E-state index is 15.0. The minimum Gasteiger partial charge on any atom is -0.393 e. The Morgan fingerprint density at radius 3 is 1.62 bits per heavy atom. The number of nitrogens with two attached hydrogens (primary N) is 3. The minimum absolute atomic E-state index is 0.0149. The molecule has 3 aliphatic heterocycles. The summed E-state index contributed by atoms with van der Waals surface area (Å²) >= 11 is 23.0. The topological polar surface area (TPSA) is 478 Å². The molecular formula is C73H78Cl3FN14O17S6. The van der Waals surface area contributed by atoms with Crippen LogP contribution >= 0.6 is 68.8 Å². The summed E-state index contributed by atoms with van der Waals surface area (Å²) in [6.45, 7) is 2.99. The fourth-order valence-electron chi connectivity index (χ4n) is 15.3. The van der Waals surface area contributed by atoms with Crippen LogP contribution in [0.3, 0.4) is 0 Å². The number of nitrogens with zero attached hydrogens (tertiary/aromatic N) is 7. The number of aryl methyl sites for hydroxylation is 1. The van der Waals surface area contributed by atoms with E-state index in [9.17, 15) is 60.1 Å². The normalized spacial score (nSPS) is 24.0. The van der Waals surface area contributed by atoms with Crippen LogP contribution in [0.5, 0.6) is 0 Å². The zero-order valence-electron chi connectivity index (χ0n) is 60.6. The molecule has 31 nitrogen and oxygen atoms in total. The molecule has 14 N–H and O–H groups in total. The number of carbonyl (C=O) groups is 3. The number of ketones is 3. The summed E-state index contributed by atoms with van der Waals surface area (Å²) < 4.78 is 103. The maximum Gasteiger partial charge on any atom is 0.333 e. The molecular weight excluding hydrogens is 1660 g/mol. The van der Waals surface area contributed by atoms with Gasteiger partial charge in [0.15, 0.2) is 0 Å². The van der Waals surface area contributed by atoms with Crippen molar-refractivity contribution in [2.24, 2.45) is 33.2 Å². The number of hydrogen-bond acceptors (Lipinski definition) is 31. The monoisotopic (exact) mass is 1740 g/mol. The summed E-state index contributed by atoms with van der Waals surface area (Å²) in [5.41, 5.74) is 9.03. The molecule has 606 valence electrons. The molecule has 6 aromatic heterocycles. The molecule has 0 radical (unpaired) electrons. The van der Waals surface area contributed by atoms with Gasteiger partial charge in [-0.2, -0.15) is 25.3 Å². The van der Waals surface area contributed by atoms with Gasteiger partial charge in [-0.1, -0.05) is 89.4 Å². The summed E-state index contributed by atoms with van der Waals surface area (Å²) in [6.07, 6.45) is 6.36. The van der Waals surface area contributed by atoms with Crippen LogP contribution in [0.4, 0.5) is 21.8 Å². The number of aliphatic hydroxyl groups is 4. The summed E-state index contributed by atoms with van der Waals surface area (Å²) in [5, 5.41) is 69.1. The Morgan fingerprint density at radius 2 is 1.07 bits per heavy atom. The molecule has 3 unspecified atom stereocenters. The fraction of sp³-hybridized carbons (Fsp3) is 0.384. The van der Waals surface area contributed by atoms with Crippen LogP contribution in [0.25, 0.3) is 0 Å². The maximum atomic E-state index is 15.0. The lowest BCUT2D eigenvalue weighted by atomic mass is 9.91. The molecule has 3 aliphatic carbocycles. The Balaban J connectivity index is 0.000000149. The zero-order chi connectivity index (χ0) is 81.2. The smallest absolute Gasteiger partial charge is 0.333 e. The summed E-state index contributed by atoms with van der Waals surface area (Å²) in [6, 6.07) is 23.5. The first-order valence-corrected chi connectivity index (χ1v) is 43.7. The first kappa shape index (κ1) is 84.5. The highest BCUT2D eigenvalue weighted by Crippen LogP contribution is 2.46. The van der Waals surface area contributed by atoms with Crippen molar-refractivity contribution in [2.45, 2.75) is 119 Å². The van der Waals surface area contributed by atoms with E-state index in [0.29, 0.717) is 79.0 Å². The third kappa shape index (κ3) is 19.7. The Morgan fingerprint density at radius 1 is 0.588 bits per heavy atom. The second-order valence-electron chi connectivity index (χ2n) is 28.3. The Bertz CT molecular complexity index is 5450. The molecule has 0 bridgehead atoms. The minimum atomic E-state index is -4.20. The van der Waals surface area contributed by atoms with Crippen molar-refractivity contribution in [1.29, 1.82) is 0 Å². The number of fused-ring (bicyclic) bond motifs is 3. The molecule has 41 heteroatoms. The fourth-order valence-corrected chi connectivity index (χ4v) is 20.1. The largest absolute Gasteiger partial charge is 0.393 e. The van der Waals surface area contributed by atoms with Crippen LogP contribution in [0.2, 0.25) is 13.7 Å². The van der Waals surface area contributed by atoms with Gasteiger partial charge in [0, 0.05) is 83.1 Å². The van der Waals surface area contributed by atoms with Gasteiger partial charge in [-0.15, -0.1) is 34.0 Å². The number of ether oxygens (including phenoxy) is 1. The van der Waals surface area contributed by atoms with Gasteiger partial charge in [-0.05, 0) is 117 Å². The second-order valence-corrected chi connectivity index (χ2v) is 36.9.